The Bertz CT molecular complexity index is 576. The summed E-state index contributed by atoms with van der Waals surface area (Å²) in [5, 5.41) is 3.98. The molecule has 1 amide bonds. The van der Waals surface area contributed by atoms with E-state index in [1.807, 2.05) is 11.8 Å². The number of rotatable bonds is 2. The van der Waals surface area contributed by atoms with E-state index in [9.17, 15) is 4.79 Å². The second-order valence-electron chi connectivity index (χ2n) is 7.06. The van der Waals surface area contributed by atoms with Crippen molar-refractivity contribution < 1.29 is 9.53 Å². The Morgan fingerprint density at radius 3 is 2.65 bits per heavy atom. The molecule has 7 heteroatoms. The molecule has 0 aliphatic carbocycles. The molecule has 0 aromatic carbocycles. The van der Waals surface area contributed by atoms with Crippen molar-refractivity contribution in [2.45, 2.75) is 50.7 Å². The van der Waals surface area contributed by atoms with Crippen LogP contribution in [0.3, 0.4) is 0 Å². The summed E-state index contributed by atoms with van der Waals surface area (Å²) in [6.07, 6.45) is 5.67. The Labute approximate surface area is 141 Å². The van der Waals surface area contributed by atoms with Crippen molar-refractivity contribution in [1.29, 1.82) is 0 Å². The largest absolute Gasteiger partial charge is 0.373 e. The average molecular weight is 336 g/mol. The molecule has 0 bridgehead atoms. The molecule has 0 radical (unpaired) electrons. The Balaban J connectivity index is 1.36. The molecule has 0 N–H and O–H groups in total. The number of carbonyl (C=O) groups excluding carboxylic acids is 1. The lowest BCUT2D eigenvalue weighted by atomic mass is 9.87. The van der Waals surface area contributed by atoms with Gasteiger partial charge in [0.1, 0.15) is 0 Å². The summed E-state index contributed by atoms with van der Waals surface area (Å²) in [7, 11) is 0. The molecule has 3 saturated heterocycles. The molecule has 1 unspecified atom stereocenters. The Kier molecular flexibility index (Phi) is 4.11. The Morgan fingerprint density at radius 2 is 2.00 bits per heavy atom. The molecule has 6 nitrogen and oxygen atoms in total. The van der Waals surface area contributed by atoms with Crippen LogP contribution >= 0.6 is 11.5 Å². The highest BCUT2D eigenvalue weighted by Crippen LogP contribution is 2.38. The number of aromatic nitrogens is 2. The minimum Gasteiger partial charge on any atom is -0.373 e. The van der Waals surface area contributed by atoms with Crippen molar-refractivity contribution in [3.05, 3.63) is 10.6 Å². The number of piperidine rings is 1. The quantitative estimate of drug-likeness (QED) is 0.823. The Hall–Kier alpha value is -1.05. The number of nitrogens with zero attached hydrogens (tertiary/aromatic N) is 4. The summed E-state index contributed by atoms with van der Waals surface area (Å²) in [5.41, 5.74) is 0.521. The van der Waals surface area contributed by atoms with Gasteiger partial charge in [0.05, 0.1) is 17.1 Å². The van der Waals surface area contributed by atoms with Crippen molar-refractivity contribution in [3.8, 4) is 0 Å². The highest BCUT2D eigenvalue weighted by molar-refractivity contribution is 7.05. The van der Waals surface area contributed by atoms with E-state index < -0.39 is 0 Å². The van der Waals surface area contributed by atoms with Gasteiger partial charge in [-0.2, -0.15) is 0 Å². The molecule has 4 heterocycles. The molecule has 3 aliphatic heterocycles. The third kappa shape index (κ3) is 2.90. The fourth-order valence-corrected chi connectivity index (χ4v) is 4.67. The lowest BCUT2D eigenvalue weighted by molar-refractivity contribution is -0.0394. The van der Waals surface area contributed by atoms with Gasteiger partial charge in [-0.1, -0.05) is 4.49 Å². The van der Waals surface area contributed by atoms with Crippen LogP contribution in [0, 0.1) is 6.92 Å². The lowest BCUT2D eigenvalue weighted by Crippen LogP contribution is -2.47. The standard InChI is InChI=1S/C16H24N4O2S/c1-12-14(17-18-23-12)15(21)20-8-4-16(5-9-20)10-13(11-22-16)19-6-2-3-7-19/h13H,2-11H2,1H3. The molecular weight excluding hydrogens is 312 g/mol. The maximum Gasteiger partial charge on any atom is 0.275 e. The zero-order valence-electron chi connectivity index (χ0n) is 13.7. The first kappa shape index (κ1) is 15.5. The van der Waals surface area contributed by atoms with Gasteiger partial charge in [0.15, 0.2) is 5.69 Å². The van der Waals surface area contributed by atoms with Gasteiger partial charge in [0, 0.05) is 19.1 Å². The number of likely N-dealkylation sites (tertiary alicyclic amines) is 2. The van der Waals surface area contributed by atoms with Gasteiger partial charge in [-0.3, -0.25) is 9.69 Å². The first-order chi connectivity index (χ1) is 11.2. The number of amides is 1. The topological polar surface area (TPSA) is 58.6 Å². The van der Waals surface area contributed by atoms with Crippen LogP contribution in [0.5, 0.6) is 0 Å². The minimum absolute atomic E-state index is 0.000589. The van der Waals surface area contributed by atoms with Crippen LogP contribution < -0.4 is 0 Å². The second-order valence-corrected chi connectivity index (χ2v) is 8.02. The van der Waals surface area contributed by atoms with E-state index in [0.29, 0.717) is 11.7 Å². The maximum absolute atomic E-state index is 12.5. The summed E-state index contributed by atoms with van der Waals surface area (Å²) in [4.78, 5) is 18.0. The third-order valence-electron chi connectivity index (χ3n) is 5.66. The van der Waals surface area contributed by atoms with Gasteiger partial charge in [0.2, 0.25) is 0 Å². The second kappa shape index (κ2) is 6.11. The first-order valence-corrected chi connectivity index (χ1v) is 9.40. The van der Waals surface area contributed by atoms with Crippen LogP contribution in [0.2, 0.25) is 0 Å². The SMILES string of the molecule is Cc1snnc1C(=O)N1CCC2(CC1)CC(N1CCCC1)CO2. The van der Waals surface area contributed by atoms with Crippen molar-refractivity contribution in [1.82, 2.24) is 19.4 Å². The maximum atomic E-state index is 12.5. The fraction of sp³-hybridized carbons (Fsp3) is 0.812. The van der Waals surface area contributed by atoms with Crippen LogP contribution in [0.1, 0.15) is 47.5 Å². The molecule has 1 spiro atoms. The molecule has 126 valence electrons. The predicted molar refractivity (Wildman–Crippen MR) is 87.7 cm³/mol. The normalized spacial score (nSPS) is 27.9. The van der Waals surface area contributed by atoms with E-state index in [-0.39, 0.29) is 11.5 Å². The van der Waals surface area contributed by atoms with Crippen LogP contribution in [-0.2, 0) is 4.74 Å². The molecule has 1 aromatic rings. The van der Waals surface area contributed by atoms with Crippen molar-refractivity contribution in [2.75, 3.05) is 32.8 Å². The van der Waals surface area contributed by atoms with Crippen LogP contribution in [0.15, 0.2) is 0 Å². The molecule has 0 saturated carbocycles. The monoisotopic (exact) mass is 336 g/mol. The van der Waals surface area contributed by atoms with Crippen LogP contribution in [0.25, 0.3) is 0 Å². The van der Waals surface area contributed by atoms with Gasteiger partial charge in [-0.05, 0) is 63.6 Å². The van der Waals surface area contributed by atoms with Gasteiger partial charge in [-0.25, -0.2) is 0 Å². The van der Waals surface area contributed by atoms with E-state index in [4.69, 9.17) is 4.74 Å². The summed E-state index contributed by atoms with van der Waals surface area (Å²) < 4.78 is 10.1. The summed E-state index contributed by atoms with van der Waals surface area (Å²) in [5.74, 6) is 0.0280. The summed E-state index contributed by atoms with van der Waals surface area (Å²) in [6.45, 7) is 6.76. The highest BCUT2D eigenvalue weighted by Gasteiger charge is 2.45. The lowest BCUT2D eigenvalue weighted by Gasteiger charge is -2.38. The van der Waals surface area contributed by atoms with Gasteiger partial charge < -0.3 is 9.64 Å². The number of hydrogen-bond donors (Lipinski definition) is 0. The van der Waals surface area contributed by atoms with E-state index in [1.54, 1.807) is 0 Å². The summed E-state index contributed by atoms with van der Waals surface area (Å²) >= 11 is 1.29. The molecule has 3 fully saturated rings. The smallest absolute Gasteiger partial charge is 0.275 e. The molecule has 23 heavy (non-hydrogen) atoms. The predicted octanol–water partition coefficient (Wildman–Crippen LogP) is 1.71. The van der Waals surface area contributed by atoms with Gasteiger partial charge in [0.25, 0.3) is 5.91 Å². The fourth-order valence-electron chi connectivity index (χ4n) is 4.21. The van der Waals surface area contributed by atoms with Crippen LogP contribution in [0.4, 0.5) is 0 Å². The molecular formula is C16H24N4O2S. The van der Waals surface area contributed by atoms with E-state index in [0.717, 1.165) is 43.8 Å². The average Bonchev–Trinajstić information content (AvgIpc) is 3.28. The van der Waals surface area contributed by atoms with E-state index >= 15 is 0 Å². The zero-order valence-corrected chi connectivity index (χ0v) is 14.5. The first-order valence-electron chi connectivity index (χ1n) is 8.63. The van der Waals surface area contributed by atoms with Crippen molar-refractivity contribution in [3.63, 3.8) is 0 Å². The van der Waals surface area contributed by atoms with E-state index in [2.05, 4.69) is 14.5 Å². The zero-order chi connectivity index (χ0) is 15.9. The molecule has 1 atom stereocenters. The van der Waals surface area contributed by atoms with Crippen LogP contribution in [-0.4, -0.2) is 69.7 Å². The number of hydrogen-bond acceptors (Lipinski definition) is 6. The minimum atomic E-state index is -0.000589. The van der Waals surface area contributed by atoms with Gasteiger partial charge in [-0.15, -0.1) is 5.10 Å². The van der Waals surface area contributed by atoms with Crippen molar-refractivity contribution in [2.24, 2.45) is 0 Å². The molecule has 3 aliphatic rings. The molecule has 4 rings (SSSR count). The Morgan fingerprint density at radius 1 is 1.26 bits per heavy atom. The van der Waals surface area contributed by atoms with Gasteiger partial charge >= 0.3 is 0 Å². The van der Waals surface area contributed by atoms with E-state index in [1.165, 1.54) is 37.5 Å². The summed E-state index contributed by atoms with van der Waals surface area (Å²) in [6, 6.07) is 0.588. The molecule has 1 aromatic heterocycles. The van der Waals surface area contributed by atoms with Crippen molar-refractivity contribution >= 4 is 17.4 Å². The number of ether oxygens (including phenoxy) is 1. The third-order valence-corrected chi connectivity index (χ3v) is 6.29. The highest BCUT2D eigenvalue weighted by atomic mass is 32.1. The number of carbonyl (C=O) groups is 1. The number of aryl methyl sites for hydroxylation is 1.